The second-order valence-corrected chi connectivity index (χ2v) is 7.79. The van der Waals surface area contributed by atoms with E-state index in [1.807, 2.05) is 0 Å². The van der Waals surface area contributed by atoms with E-state index in [0.29, 0.717) is 5.69 Å². The van der Waals surface area contributed by atoms with Crippen molar-refractivity contribution in [1.29, 1.82) is 0 Å². The maximum absolute atomic E-state index is 13.4. The van der Waals surface area contributed by atoms with Crippen LogP contribution in [0.25, 0.3) is 5.69 Å². The van der Waals surface area contributed by atoms with Crippen molar-refractivity contribution in [3.8, 4) is 5.69 Å². The van der Waals surface area contributed by atoms with E-state index < -0.39 is 36.5 Å². The Balaban J connectivity index is 1.67. The fourth-order valence-corrected chi connectivity index (χ4v) is 3.39. The smallest absolute Gasteiger partial charge is 0.338 e. The molecule has 2 amide bonds. The Morgan fingerprint density at radius 2 is 1.77 bits per heavy atom. The maximum atomic E-state index is 13.4. The van der Waals surface area contributed by atoms with E-state index in [9.17, 15) is 31.5 Å². The highest BCUT2D eigenvalue weighted by Crippen LogP contribution is 2.33. The van der Waals surface area contributed by atoms with Gasteiger partial charge in [-0.25, -0.2) is 13.5 Å². The highest BCUT2D eigenvalue weighted by Gasteiger charge is 2.37. The lowest BCUT2D eigenvalue weighted by Crippen LogP contribution is -2.43. The molecule has 0 radical (unpaired) electrons. The number of carbonyl (C=O) groups is 2. The number of nitrogens with zero attached hydrogens (tertiary/aromatic N) is 3. The predicted molar refractivity (Wildman–Crippen MR) is 100 cm³/mol. The first-order valence-corrected chi connectivity index (χ1v) is 9.79. The van der Waals surface area contributed by atoms with Gasteiger partial charge in [0.25, 0.3) is 11.8 Å². The zero-order valence-electron chi connectivity index (χ0n) is 16.3. The average molecular weight is 442 g/mol. The molecular formula is C20H19F5N4O2. The lowest BCUT2D eigenvalue weighted by Gasteiger charge is -2.32. The van der Waals surface area contributed by atoms with Crippen molar-refractivity contribution >= 4 is 17.5 Å². The minimum atomic E-state index is -4.67. The number of hydrogen-bond donors (Lipinski definition) is 1. The fourth-order valence-electron chi connectivity index (χ4n) is 3.39. The van der Waals surface area contributed by atoms with E-state index in [4.69, 9.17) is 0 Å². The van der Waals surface area contributed by atoms with Crippen molar-refractivity contribution in [2.45, 2.75) is 37.8 Å². The molecule has 0 spiro atoms. The van der Waals surface area contributed by atoms with Crippen LogP contribution in [0.4, 0.5) is 27.6 Å². The Bertz CT molecular complexity index is 1000. The average Bonchev–Trinajstić information content (AvgIpc) is 3.43. The lowest BCUT2D eigenvalue weighted by atomic mass is 10.0. The Morgan fingerprint density at radius 3 is 2.35 bits per heavy atom. The third-order valence-corrected chi connectivity index (χ3v) is 5.35. The molecule has 2 aromatic rings. The van der Waals surface area contributed by atoms with E-state index >= 15 is 0 Å². The van der Waals surface area contributed by atoms with Gasteiger partial charge >= 0.3 is 6.18 Å². The van der Waals surface area contributed by atoms with Gasteiger partial charge in [0.05, 0.1) is 11.3 Å². The second-order valence-electron chi connectivity index (χ2n) is 7.79. The summed E-state index contributed by atoms with van der Waals surface area (Å²) in [5.41, 5.74) is -0.813. The van der Waals surface area contributed by atoms with Crippen LogP contribution in [0.5, 0.6) is 0 Å². The molecule has 166 valence electrons. The van der Waals surface area contributed by atoms with Gasteiger partial charge in [0.2, 0.25) is 5.91 Å². The van der Waals surface area contributed by atoms with E-state index in [1.165, 1.54) is 23.1 Å². The molecule has 1 aromatic carbocycles. The third kappa shape index (κ3) is 4.70. The number of aromatic nitrogens is 2. The molecule has 31 heavy (non-hydrogen) atoms. The number of anilines is 1. The molecule has 1 saturated heterocycles. The van der Waals surface area contributed by atoms with Gasteiger partial charge in [-0.05, 0) is 37.1 Å². The number of nitrogens with one attached hydrogen (secondary N) is 1. The molecule has 0 unspecified atom stereocenters. The van der Waals surface area contributed by atoms with Gasteiger partial charge in [-0.1, -0.05) is 0 Å². The number of halogens is 5. The Morgan fingerprint density at radius 1 is 1.10 bits per heavy atom. The van der Waals surface area contributed by atoms with Crippen LogP contribution < -0.4 is 5.32 Å². The van der Waals surface area contributed by atoms with Crippen LogP contribution in [0, 0.1) is 5.92 Å². The topological polar surface area (TPSA) is 67.2 Å². The molecule has 1 aliphatic carbocycles. The van der Waals surface area contributed by atoms with Crippen LogP contribution in [-0.2, 0) is 11.0 Å². The number of hydrogen-bond acceptors (Lipinski definition) is 3. The summed E-state index contributed by atoms with van der Waals surface area (Å²) in [7, 11) is 0. The quantitative estimate of drug-likeness (QED) is 0.725. The van der Waals surface area contributed by atoms with Crippen molar-refractivity contribution in [3.05, 3.63) is 41.7 Å². The number of amides is 2. The normalized spacial score (nSPS) is 18.7. The van der Waals surface area contributed by atoms with Crippen molar-refractivity contribution in [1.82, 2.24) is 14.7 Å². The van der Waals surface area contributed by atoms with Crippen molar-refractivity contribution < 1.29 is 31.5 Å². The van der Waals surface area contributed by atoms with E-state index in [1.54, 1.807) is 0 Å². The highest BCUT2D eigenvalue weighted by atomic mass is 19.4. The molecule has 1 aliphatic heterocycles. The molecule has 1 saturated carbocycles. The first kappa shape index (κ1) is 21.3. The zero-order valence-corrected chi connectivity index (χ0v) is 16.3. The van der Waals surface area contributed by atoms with Gasteiger partial charge in [0, 0.05) is 43.7 Å². The Labute approximate surface area is 174 Å². The Hall–Kier alpha value is -2.98. The molecular weight excluding hydrogens is 423 g/mol. The highest BCUT2D eigenvalue weighted by molar-refractivity contribution is 6.00. The maximum Gasteiger partial charge on any atom is 0.435 e. The molecule has 11 heteroatoms. The molecule has 6 nitrogen and oxygen atoms in total. The van der Waals surface area contributed by atoms with Gasteiger partial charge in [0.1, 0.15) is 0 Å². The number of benzene rings is 1. The largest absolute Gasteiger partial charge is 0.435 e. The summed E-state index contributed by atoms with van der Waals surface area (Å²) in [4.78, 5) is 26.3. The summed E-state index contributed by atoms with van der Waals surface area (Å²) in [6.45, 7) is -0.337. The molecule has 2 heterocycles. The first-order valence-electron chi connectivity index (χ1n) is 9.79. The molecule has 1 N–H and O–H groups in total. The minimum absolute atomic E-state index is 0.00598. The van der Waals surface area contributed by atoms with Crippen LogP contribution in [0.2, 0.25) is 0 Å². The van der Waals surface area contributed by atoms with Crippen molar-refractivity contribution in [2.75, 3.05) is 18.4 Å². The summed E-state index contributed by atoms with van der Waals surface area (Å²) in [6.07, 6.45) is -3.05. The summed E-state index contributed by atoms with van der Waals surface area (Å²) < 4.78 is 66.8. The monoisotopic (exact) mass is 442 g/mol. The van der Waals surface area contributed by atoms with E-state index in [0.717, 1.165) is 29.8 Å². The van der Waals surface area contributed by atoms with Gasteiger partial charge in [0.15, 0.2) is 5.69 Å². The molecule has 2 aliphatic rings. The molecule has 1 aromatic heterocycles. The SMILES string of the molecule is O=C(Nc1ccc(C(=O)N2CCC(F)(F)CC2)c(-n2ccc(C(F)(F)F)n2)c1)C1CC1. The van der Waals surface area contributed by atoms with Crippen molar-refractivity contribution in [2.24, 2.45) is 5.92 Å². The van der Waals surface area contributed by atoms with Crippen LogP contribution in [0.1, 0.15) is 41.7 Å². The summed E-state index contributed by atoms with van der Waals surface area (Å²) >= 11 is 0. The van der Waals surface area contributed by atoms with Crippen LogP contribution in [-0.4, -0.2) is 45.5 Å². The molecule has 0 bridgehead atoms. The van der Waals surface area contributed by atoms with Gasteiger partial charge in [-0.3, -0.25) is 9.59 Å². The standard InChI is InChI=1S/C20H19F5N4O2/c21-19(22)6-9-28(10-7-19)18(31)14-4-3-13(26-17(30)12-1-2-12)11-15(14)29-8-5-16(27-29)20(23,24)25/h3-5,8,11-12H,1-2,6-7,9-10H2,(H,26,30). The van der Waals surface area contributed by atoms with Crippen LogP contribution >= 0.6 is 0 Å². The number of rotatable bonds is 4. The fraction of sp³-hybridized carbons (Fsp3) is 0.450. The number of carbonyl (C=O) groups excluding carboxylic acids is 2. The molecule has 0 atom stereocenters. The summed E-state index contributed by atoms with van der Waals surface area (Å²) in [5, 5.41) is 6.20. The minimum Gasteiger partial charge on any atom is -0.338 e. The van der Waals surface area contributed by atoms with Gasteiger partial charge in [-0.15, -0.1) is 0 Å². The van der Waals surface area contributed by atoms with E-state index in [2.05, 4.69) is 10.4 Å². The zero-order chi connectivity index (χ0) is 22.4. The van der Waals surface area contributed by atoms with Crippen LogP contribution in [0.3, 0.4) is 0 Å². The third-order valence-electron chi connectivity index (χ3n) is 5.35. The summed E-state index contributed by atoms with van der Waals surface area (Å²) in [6, 6.07) is 4.95. The lowest BCUT2D eigenvalue weighted by molar-refractivity contribution is -0.141. The van der Waals surface area contributed by atoms with Gasteiger partial charge < -0.3 is 10.2 Å². The Kier molecular flexibility index (Phi) is 5.22. The van der Waals surface area contributed by atoms with Crippen LogP contribution in [0.15, 0.2) is 30.5 Å². The van der Waals surface area contributed by atoms with E-state index in [-0.39, 0.29) is 36.2 Å². The van der Waals surface area contributed by atoms with Gasteiger partial charge in [-0.2, -0.15) is 18.3 Å². The molecule has 2 fully saturated rings. The molecule has 4 rings (SSSR count). The number of likely N-dealkylation sites (tertiary alicyclic amines) is 1. The second kappa shape index (κ2) is 7.61. The first-order chi connectivity index (χ1) is 14.5. The summed E-state index contributed by atoms with van der Waals surface area (Å²) in [5.74, 6) is -3.74. The number of piperidine rings is 1. The number of alkyl halides is 5. The predicted octanol–water partition coefficient (Wildman–Crippen LogP) is 4.11. The van der Waals surface area contributed by atoms with Crippen molar-refractivity contribution in [3.63, 3.8) is 0 Å².